The first kappa shape index (κ1) is 19.8. The highest BCUT2D eigenvalue weighted by molar-refractivity contribution is 5.72. The van der Waals surface area contributed by atoms with Crippen molar-refractivity contribution in [1.82, 2.24) is 5.32 Å². The number of amides is 1. The molecular weight excluding hydrogens is 327 g/mol. The number of hydrogen-bond acceptors (Lipinski definition) is 3. The fourth-order valence-corrected chi connectivity index (χ4v) is 2.10. The van der Waals surface area contributed by atoms with E-state index in [2.05, 4.69) is 5.32 Å². The third-order valence-electron chi connectivity index (χ3n) is 3.23. The lowest BCUT2D eigenvalue weighted by atomic mass is 9.90. The van der Waals surface area contributed by atoms with Crippen molar-refractivity contribution in [2.45, 2.75) is 51.7 Å². The molecule has 0 radical (unpaired) electrons. The van der Waals surface area contributed by atoms with Gasteiger partial charge in [-0.3, -0.25) is 4.79 Å². The van der Waals surface area contributed by atoms with Crippen LogP contribution in [-0.2, 0) is 9.53 Å². The van der Waals surface area contributed by atoms with Gasteiger partial charge in [-0.25, -0.2) is 18.0 Å². The monoisotopic (exact) mass is 347 g/mol. The molecule has 1 amide bonds. The second kappa shape index (κ2) is 7.55. The largest absolute Gasteiger partial charge is 0.481 e. The third-order valence-corrected chi connectivity index (χ3v) is 3.23. The molecule has 1 aromatic rings. The van der Waals surface area contributed by atoms with Gasteiger partial charge in [-0.1, -0.05) is 6.92 Å². The zero-order valence-corrected chi connectivity index (χ0v) is 13.8. The molecule has 0 heterocycles. The Kier molecular flexibility index (Phi) is 6.22. The van der Waals surface area contributed by atoms with Crippen LogP contribution in [0.4, 0.5) is 18.0 Å². The van der Waals surface area contributed by atoms with Crippen molar-refractivity contribution in [2.75, 3.05) is 0 Å². The summed E-state index contributed by atoms with van der Waals surface area (Å²) >= 11 is 0. The fourth-order valence-electron chi connectivity index (χ4n) is 2.10. The Balaban J connectivity index is 3.05. The maximum atomic E-state index is 13.9. The Morgan fingerprint density at radius 1 is 1.17 bits per heavy atom. The number of hydrogen-bond donors (Lipinski definition) is 2. The van der Waals surface area contributed by atoms with Gasteiger partial charge < -0.3 is 15.2 Å². The topological polar surface area (TPSA) is 75.6 Å². The van der Waals surface area contributed by atoms with E-state index >= 15 is 0 Å². The Morgan fingerprint density at radius 3 is 2.21 bits per heavy atom. The SMILES string of the molecule is CC(c1cc(F)c(F)cc1F)C(CC(=O)O)NC(=O)OC(C)(C)C. The molecule has 5 nitrogen and oxygen atoms in total. The van der Waals surface area contributed by atoms with Crippen molar-refractivity contribution >= 4 is 12.1 Å². The van der Waals surface area contributed by atoms with Crippen LogP contribution in [-0.4, -0.2) is 28.8 Å². The van der Waals surface area contributed by atoms with E-state index in [1.807, 2.05) is 0 Å². The van der Waals surface area contributed by atoms with Crippen LogP contribution < -0.4 is 5.32 Å². The van der Waals surface area contributed by atoms with Gasteiger partial charge in [0.25, 0.3) is 0 Å². The summed E-state index contributed by atoms with van der Waals surface area (Å²) in [5, 5.41) is 11.3. The standard InChI is InChI=1S/C16H20F3NO4/c1-8(9-5-11(18)12(19)6-10(9)17)13(7-14(21)22)20-15(23)24-16(2,3)4/h5-6,8,13H,7H2,1-4H3,(H,20,23)(H,21,22). The van der Waals surface area contributed by atoms with Crippen molar-refractivity contribution < 1.29 is 32.6 Å². The average molecular weight is 347 g/mol. The van der Waals surface area contributed by atoms with Crippen molar-refractivity contribution in [3.05, 3.63) is 35.1 Å². The first-order valence-electron chi connectivity index (χ1n) is 7.26. The molecule has 8 heteroatoms. The molecule has 2 unspecified atom stereocenters. The molecular formula is C16H20F3NO4. The van der Waals surface area contributed by atoms with E-state index in [4.69, 9.17) is 9.84 Å². The first-order valence-corrected chi connectivity index (χ1v) is 7.26. The summed E-state index contributed by atoms with van der Waals surface area (Å²) in [5.74, 6) is -5.81. The van der Waals surface area contributed by atoms with E-state index in [9.17, 15) is 22.8 Å². The van der Waals surface area contributed by atoms with E-state index < -0.39 is 53.5 Å². The van der Waals surface area contributed by atoms with Gasteiger partial charge >= 0.3 is 12.1 Å². The molecule has 0 aliphatic rings. The fraction of sp³-hybridized carbons (Fsp3) is 0.500. The number of carbonyl (C=O) groups is 2. The molecule has 0 spiro atoms. The minimum Gasteiger partial charge on any atom is -0.481 e. The Hall–Kier alpha value is -2.25. The van der Waals surface area contributed by atoms with Crippen LogP contribution in [0.3, 0.4) is 0 Å². The highest BCUT2D eigenvalue weighted by Gasteiger charge is 2.28. The molecule has 1 rings (SSSR count). The van der Waals surface area contributed by atoms with Crippen LogP contribution >= 0.6 is 0 Å². The van der Waals surface area contributed by atoms with Crippen LogP contribution in [0.15, 0.2) is 12.1 Å². The zero-order chi connectivity index (χ0) is 18.7. The quantitative estimate of drug-likeness (QED) is 0.799. The normalized spacial score (nSPS) is 14.0. The molecule has 0 saturated heterocycles. The molecule has 0 aromatic heterocycles. The van der Waals surface area contributed by atoms with Gasteiger partial charge in [0.15, 0.2) is 11.6 Å². The Morgan fingerprint density at radius 2 is 1.71 bits per heavy atom. The van der Waals surface area contributed by atoms with E-state index in [0.29, 0.717) is 12.1 Å². The maximum Gasteiger partial charge on any atom is 0.407 e. The molecule has 0 saturated carbocycles. The summed E-state index contributed by atoms with van der Waals surface area (Å²) in [6, 6.07) is -0.0373. The molecule has 2 atom stereocenters. The van der Waals surface area contributed by atoms with E-state index in [1.54, 1.807) is 20.8 Å². The van der Waals surface area contributed by atoms with E-state index in [-0.39, 0.29) is 5.56 Å². The van der Waals surface area contributed by atoms with Gasteiger partial charge in [-0.15, -0.1) is 0 Å². The smallest absolute Gasteiger partial charge is 0.407 e. The van der Waals surface area contributed by atoms with Crippen molar-refractivity contribution in [2.24, 2.45) is 0 Å². The second-order valence-corrected chi connectivity index (χ2v) is 6.43. The summed E-state index contributed by atoms with van der Waals surface area (Å²) in [5.41, 5.74) is -1.05. The summed E-state index contributed by atoms with van der Waals surface area (Å²) in [4.78, 5) is 22.8. The Labute approximate surface area is 137 Å². The maximum absolute atomic E-state index is 13.9. The summed E-state index contributed by atoms with van der Waals surface area (Å²) < 4.78 is 45.3. The van der Waals surface area contributed by atoms with Crippen molar-refractivity contribution in [3.63, 3.8) is 0 Å². The first-order chi connectivity index (χ1) is 10.9. The predicted octanol–water partition coefficient (Wildman–Crippen LogP) is 3.58. The van der Waals surface area contributed by atoms with Gasteiger partial charge in [0.2, 0.25) is 0 Å². The molecule has 0 bridgehead atoms. The Bertz CT molecular complexity index is 628. The second-order valence-electron chi connectivity index (χ2n) is 6.43. The van der Waals surface area contributed by atoms with Crippen LogP contribution in [0.2, 0.25) is 0 Å². The number of alkyl carbamates (subject to hydrolysis) is 1. The van der Waals surface area contributed by atoms with Crippen LogP contribution in [0, 0.1) is 17.5 Å². The number of carboxylic acids is 1. The average Bonchev–Trinajstić information content (AvgIpc) is 2.38. The molecule has 0 aliphatic heterocycles. The molecule has 134 valence electrons. The highest BCUT2D eigenvalue weighted by atomic mass is 19.2. The lowest BCUT2D eigenvalue weighted by molar-refractivity contribution is -0.137. The predicted molar refractivity (Wildman–Crippen MR) is 80.1 cm³/mol. The molecule has 1 aromatic carbocycles. The van der Waals surface area contributed by atoms with Gasteiger partial charge in [-0.05, 0) is 32.4 Å². The molecule has 0 aliphatic carbocycles. The number of carboxylic acid groups (broad SMARTS) is 1. The van der Waals surface area contributed by atoms with Gasteiger partial charge in [-0.2, -0.15) is 0 Å². The van der Waals surface area contributed by atoms with Crippen LogP contribution in [0.25, 0.3) is 0 Å². The molecule has 0 fully saturated rings. The lowest BCUT2D eigenvalue weighted by Gasteiger charge is -2.27. The van der Waals surface area contributed by atoms with Gasteiger partial charge in [0.05, 0.1) is 6.42 Å². The summed E-state index contributed by atoms with van der Waals surface area (Å²) in [6.07, 6.45) is -1.43. The van der Waals surface area contributed by atoms with Crippen molar-refractivity contribution in [3.8, 4) is 0 Å². The number of benzene rings is 1. The number of rotatable bonds is 5. The van der Waals surface area contributed by atoms with Gasteiger partial charge in [0.1, 0.15) is 11.4 Å². The van der Waals surface area contributed by atoms with E-state index in [1.165, 1.54) is 6.92 Å². The number of ether oxygens (including phenoxy) is 1. The van der Waals surface area contributed by atoms with Gasteiger partial charge in [0, 0.05) is 18.0 Å². The minimum absolute atomic E-state index is 0.240. The van der Waals surface area contributed by atoms with Crippen molar-refractivity contribution in [1.29, 1.82) is 0 Å². The zero-order valence-electron chi connectivity index (χ0n) is 13.8. The lowest BCUT2D eigenvalue weighted by Crippen LogP contribution is -2.43. The highest BCUT2D eigenvalue weighted by Crippen LogP contribution is 2.26. The molecule has 24 heavy (non-hydrogen) atoms. The molecule has 2 N–H and O–H groups in total. The number of aliphatic carboxylic acids is 1. The summed E-state index contributed by atoms with van der Waals surface area (Å²) in [6.45, 7) is 6.27. The minimum atomic E-state index is -1.35. The van der Waals surface area contributed by atoms with E-state index in [0.717, 1.165) is 0 Å². The van der Waals surface area contributed by atoms with Crippen LogP contribution in [0.5, 0.6) is 0 Å². The number of halogens is 3. The number of nitrogens with one attached hydrogen (secondary N) is 1. The number of carbonyl (C=O) groups excluding carboxylic acids is 1. The summed E-state index contributed by atoms with van der Waals surface area (Å²) in [7, 11) is 0. The third kappa shape index (κ3) is 5.75. The van der Waals surface area contributed by atoms with Crippen LogP contribution in [0.1, 0.15) is 45.6 Å².